The molecule has 0 radical (unpaired) electrons. The van der Waals surface area contributed by atoms with Crippen molar-refractivity contribution in [1.29, 1.82) is 0 Å². The summed E-state index contributed by atoms with van der Waals surface area (Å²) < 4.78 is 13.0. The van der Waals surface area contributed by atoms with Gasteiger partial charge >= 0.3 is 0 Å². The highest BCUT2D eigenvalue weighted by atomic mass is 19.1. The summed E-state index contributed by atoms with van der Waals surface area (Å²) in [5.41, 5.74) is 0.920. The SMILES string of the molecule is CCCN(CC(=O)NC(C)c1ccc(F)cc1)C1CCNCC1. The number of amides is 1. The molecule has 1 aliphatic rings. The molecule has 5 heteroatoms. The number of halogens is 1. The average Bonchev–Trinajstić information content (AvgIpc) is 2.55. The molecule has 1 heterocycles. The maximum absolute atomic E-state index is 13.0. The fourth-order valence-electron chi connectivity index (χ4n) is 3.16. The van der Waals surface area contributed by atoms with Crippen LogP contribution in [0, 0.1) is 5.82 Å². The molecule has 1 saturated heterocycles. The van der Waals surface area contributed by atoms with Crippen LogP contribution in [0.2, 0.25) is 0 Å². The van der Waals surface area contributed by atoms with Gasteiger partial charge in [-0.1, -0.05) is 19.1 Å². The number of carbonyl (C=O) groups is 1. The van der Waals surface area contributed by atoms with Gasteiger partial charge in [0.2, 0.25) is 5.91 Å². The Bertz CT molecular complexity index is 486. The van der Waals surface area contributed by atoms with E-state index in [-0.39, 0.29) is 17.8 Å². The van der Waals surface area contributed by atoms with E-state index in [1.54, 1.807) is 12.1 Å². The van der Waals surface area contributed by atoms with Gasteiger partial charge in [0, 0.05) is 6.04 Å². The van der Waals surface area contributed by atoms with Crippen LogP contribution in [0.25, 0.3) is 0 Å². The number of hydrogen-bond donors (Lipinski definition) is 2. The minimum absolute atomic E-state index is 0.0359. The van der Waals surface area contributed by atoms with E-state index in [1.165, 1.54) is 12.1 Å². The standard InChI is InChI=1S/C18H28FN3O/c1-3-12-22(17-8-10-20-11-9-17)13-18(23)21-14(2)15-4-6-16(19)7-5-15/h4-7,14,17,20H,3,8-13H2,1-2H3,(H,21,23). The first-order chi connectivity index (χ1) is 11.1. The summed E-state index contributed by atoms with van der Waals surface area (Å²) in [5.74, 6) is -0.221. The van der Waals surface area contributed by atoms with Crippen molar-refractivity contribution in [1.82, 2.24) is 15.5 Å². The first-order valence-electron chi connectivity index (χ1n) is 8.59. The Morgan fingerprint density at radius 2 is 2.00 bits per heavy atom. The second-order valence-corrected chi connectivity index (χ2v) is 6.29. The molecule has 1 fully saturated rings. The number of carbonyl (C=O) groups excluding carboxylic acids is 1. The average molecular weight is 321 g/mol. The van der Waals surface area contributed by atoms with Crippen LogP contribution in [-0.2, 0) is 4.79 Å². The number of rotatable bonds is 7. The van der Waals surface area contributed by atoms with Crippen molar-refractivity contribution < 1.29 is 9.18 Å². The van der Waals surface area contributed by atoms with Crippen LogP contribution in [-0.4, -0.2) is 43.0 Å². The number of piperidine rings is 1. The first-order valence-corrected chi connectivity index (χ1v) is 8.59. The zero-order valence-corrected chi connectivity index (χ0v) is 14.1. The Labute approximate surface area is 138 Å². The molecule has 1 atom stereocenters. The van der Waals surface area contributed by atoms with Crippen molar-refractivity contribution in [3.05, 3.63) is 35.6 Å². The summed E-state index contributed by atoms with van der Waals surface area (Å²) in [7, 11) is 0. The van der Waals surface area contributed by atoms with E-state index in [9.17, 15) is 9.18 Å². The maximum Gasteiger partial charge on any atom is 0.234 e. The van der Waals surface area contributed by atoms with Gasteiger partial charge in [0.15, 0.2) is 0 Å². The Morgan fingerprint density at radius 1 is 1.35 bits per heavy atom. The van der Waals surface area contributed by atoms with Crippen LogP contribution < -0.4 is 10.6 Å². The van der Waals surface area contributed by atoms with Gasteiger partial charge in [0.25, 0.3) is 0 Å². The van der Waals surface area contributed by atoms with Crippen molar-refractivity contribution >= 4 is 5.91 Å². The molecule has 4 nitrogen and oxygen atoms in total. The van der Waals surface area contributed by atoms with Crippen molar-refractivity contribution in [2.75, 3.05) is 26.2 Å². The van der Waals surface area contributed by atoms with Crippen LogP contribution in [0.15, 0.2) is 24.3 Å². The van der Waals surface area contributed by atoms with E-state index < -0.39 is 0 Å². The van der Waals surface area contributed by atoms with Gasteiger partial charge in [-0.05, 0) is 63.5 Å². The predicted molar refractivity (Wildman–Crippen MR) is 90.7 cm³/mol. The molecule has 1 unspecified atom stereocenters. The topological polar surface area (TPSA) is 44.4 Å². The van der Waals surface area contributed by atoms with Crippen molar-refractivity contribution in [3.8, 4) is 0 Å². The quantitative estimate of drug-likeness (QED) is 0.811. The van der Waals surface area contributed by atoms with Crippen molar-refractivity contribution in [2.45, 2.75) is 45.2 Å². The fraction of sp³-hybridized carbons (Fsp3) is 0.611. The first kappa shape index (κ1) is 17.9. The van der Waals surface area contributed by atoms with Crippen LogP contribution in [0.5, 0.6) is 0 Å². The summed E-state index contributed by atoms with van der Waals surface area (Å²) in [5, 5.41) is 6.39. The minimum atomic E-state index is -0.257. The van der Waals surface area contributed by atoms with Crippen molar-refractivity contribution in [3.63, 3.8) is 0 Å². The van der Waals surface area contributed by atoms with Gasteiger partial charge in [-0.2, -0.15) is 0 Å². The number of hydrogen-bond acceptors (Lipinski definition) is 3. The van der Waals surface area contributed by atoms with E-state index in [2.05, 4.69) is 22.5 Å². The molecule has 2 rings (SSSR count). The fourth-order valence-corrected chi connectivity index (χ4v) is 3.16. The third-order valence-electron chi connectivity index (χ3n) is 4.43. The molecule has 128 valence electrons. The molecule has 1 aliphatic heterocycles. The zero-order valence-electron chi connectivity index (χ0n) is 14.1. The number of nitrogens with one attached hydrogen (secondary N) is 2. The highest BCUT2D eigenvalue weighted by molar-refractivity contribution is 5.78. The second-order valence-electron chi connectivity index (χ2n) is 6.29. The summed E-state index contributed by atoms with van der Waals surface area (Å²) in [4.78, 5) is 14.7. The number of benzene rings is 1. The van der Waals surface area contributed by atoms with Crippen LogP contribution in [0.3, 0.4) is 0 Å². The highest BCUT2D eigenvalue weighted by Crippen LogP contribution is 2.14. The summed E-state index contributed by atoms with van der Waals surface area (Å²) >= 11 is 0. The Hall–Kier alpha value is -1.46. The van der Waals surface area contributed by atoms with Crippen LogP contribution >= 0.6 is 0 Å². The lowest BCUT2D eigenvalue weighted by Gasteiger charge is -2.34. The summed E-state index contributed by atoms with van der Waals surface area (Å²) in [6.07, 6.45) is 3.24. The van der Waals surface area contributed by atoms with E-state index >= 15 is 0 Å². The minimum Gasteiger partial charge on any atom is -0.348 e. The van der Waals surface area contributed by atoms with Gasteiger partial charge in [0.1, 0.15) is 5.82 Å². The molecule has 0 bridgehead atoms. The van der Waals surface area contributed by atoms with Gasteiger partial charge in [-0.3, -0.25) is 9.69 Å². The smallest absolute Gasteiger partial charge is 0.234 e. The molecule has 1 aromatic rings. The van der Waals surface area contributed by atoms with E-state index in [0.29, 0.717) is 12.6 Å². The molecule has 0 spiro atoms. The highest BCUT2D eigenvalue weighted by Gasteiger charge is 2.22. The largest absolute Gasteiger partial charge is 0.348 e. The molecule has 23 heavy (non-hydrogen) atoms. The zero-order chi connectivity index (χ0) is 16.7. The lowest BCUT2D eigenvalue weighted by molar-refractivity contribution is -0.123. The molecule has 0 aromatic heterocycles. The summed E-state index contributed by atoms with van der Waals surface area (Å²) in [6.45, 7) is 7.51. The Morgan fingerprint density at radius 3 is 2.61 bits per heavy atom. The normalized spacial score (nSPS) is 17.2. The van der Waals surface area contributed by atoms with Gasteiger partial charge in [0.05, 0.1) is 12.6 Å². The van der Waals surface area contributed by atoms with Crippen LogP contribution in [0.1, 0.15) is 44.7 Å². The molecule has 2 N–H and O–H groups in total. The molecule has 0 aliphatic carbocycles. The summed E-state index contributed by atoms with van der Waals surface area (Å²) in [6, 6.07) is 6.67. The monoisotopic (exact) mass is 321 g/mol. The van der Waals surface area contributed by atoms with Gasteiger partial charge in [-0.15, -0.1) is 0 Å². The van der Waals surface area contributed by atoms with E-state index in [1.807, 2.05) is 6.92 Å². The lowest BCUT2D eigenvalue weighted by Crippen LogP contribution is -2.47. The Kier molecular flexibility index (Phi) is 6.99. The third kappa shape index (κ3) is 5.59. The third-order valence-corrected chi connectivity index (χ3v) is 4.43. The maximum atomic E-state index is 13.0. The predicted octanol–water partition coefficient (Wildman–Crippen LogP) is 2.47. The van der Waals surface area contributed by atoms with Crippen molar-refractivity contribution in [2.24, 2.45) is 0 Å². The Balaban J connectivity index is 1.88. The molecule has 1 amide bonds. The molecule has 0 saturated carbocycles. The lowest BCUT2D eigenvalue weighted by atomic mass is 10.0. The van der Waals surface area contributed by atoms with E-state index in [4.69, 9.17) is 0 Å². The second kappa shape index (κ2) is 8.99. The molecule has 1 aromatic carbocycles. The van der Waals surface area contributed by atoms with Crippen LogP contribution in [0.4, 0.5) is 4.39 Å². The van der Waals surface area contributed by atoms with Gasteiger partial charge in [-0.25, -0.2) is 4.39 Å². The van der Waals surface area contributed by atoms with E-state index in [0.717, 1.165) is 44.5 Å². The van der Waals surface area contributed by atoms with Gasteiger partial charge < -0.3 is 10.6 Å². The molecular formula is C18H28FN3O. The number of nitrogens with zero attached hydrogens (tertiary/aromatic N) is 1. The molecular weight excluding hydrogens is 293 g/mol.